The molecule has 6 heteroatoms. The van der Waals surface area contributed by atoms with Gasteiger partial charge >= 0.3 is 0 Å². The van der Waals surface area contributed by atoms with Crippen LogP contribution in [0.25, 0.3) is 11.4 Å². The van der Waals surface area contributed by atoms with Crippen molar-refractivity contribution in [3.63, 3.8) is 0 Å². The van der Waals surface area contributed by atoms with Crippen LogP contribution in [0, 0.1) is 5.92 Å². The number of rotatable bonds is 5. The van der Waals surface area contributed by atoms with E-state index < -0.39 is 5.41 Å². The van der Waals surface area contributed by atoms with E-state index in [4.69, 9.17) is 17.3 Å². The molecule has 2 N–H and O–H groups in total. The van der Waals surface area contributed by atoms with Gasteiger partial charge in [0.1, 0.15) is 5.82 Å². The Morgan fingerprint density at radius 1 is 1.36 bits per heavy atom. The number of carbonyl (C=O) groups is 1. The van der Waals surface area contributed by atoms with Gasteiger partial charge < -0.3 is 10.3 Å². The zero-order valence-corrected chi connectivity index (χ0v) is 14.1. The van der Waals surface area contributed by atoms with Crippen LogP contribution in [0.4, 0.5) is 0 Å². The maximum absolute atomic E-state index is 11.7. The third kappa shape index (κ3) is 2.73. The van der Waals surface area contributed by atoms with Crippen molar-refractivity contribution in [3.05, 3.63) is 35.1 Å². The van der Waals surface area contributed by atoms with Crippen molar-refractivity contribution in [2.24, 2.45) is 18.7 Å². The molecular formula is C16H21ClN4O. The van der Waals surface area contributed by atoms with Gasteiger partial charge in [0.05, 0.1) is 5.02 Å². The molecule has 2 aromatic rings. The molecule has 5 nitrogen and oxygen atoms in total. The molecule has 1 heterocycles. The normalized spacial score (nSPS) is 13.1. The van der Waals surface area contributed by atoms with Gasteiger partial charge in [-0.1, -0.05) is 44.5 Å². The molecule has 0 fully saturated rings. The predicted molar refractivity (Wildman–Crippen MR) is 87.5 cm³/mol. The van der Waals surface area contributed by atoms with E-state index in [1.807, 2.05) is 56.7 Å². The SMILES string of the molecule is CCC(C(N)=O)C(C)(C)c1nnc(-c2ccccc2Cl)n1C. The molecule has 0 spiro atoms. The smallest absolute Gasteiger partial charge is 0.221 e. The fourth-order valence-corrected chi connectivity index (χ4v) is 3.21. The maximum atomic E-state index is 11.7. The number of hydrogen-bond donors (Lipinski definition) is 1. The first-order chi connectivity index (χ1) is 10.3. The van der Waals surface area contributed by atoms with Crippen molar-refractivity contribution < 1.29 is 4.79 Å². The van der Waals surface area contributed by atoms with Crippen molar-refractivity contribution in [1.29, 1.82) is 0 Å². The van der Waals surface area contributed by atoms with Crippen LogP contribution in [0.15, 0.2) is 24.3 Å². The minimum atomic E-state index is -0.512. The van der Waals surface area contributed by atoms with Gasteiger partial charge in [0.2, 0.25) is 5.91 Å². The highest BCUT2D eigenvalue weighted by Gasteiger charge is 2.38. The minimum Gasteiger partial charge on any atom is -0.369 e. The van der Waals surface area contributed by atoms with Gasteiger partial charge in [0, 0.05) is 23.9 Å². The average Bonchev–Trinajstić information content (AvgIpc) is 2.81. The van der Waals surface area contributed by atoms with Crippen LogP contribution in [-0.2, 0) is 17.3 Å². The molecule has 0 aliphatic carbocycles. The summed E-state index contributed by atoms with van der Waals surface area (Å²) < 4.78 is 1.88. The van der Waals surface area contributed by atoms with Gasteiger partial charge in [-0.3, -0.25) is 4.79 Å². The van der Waals surface area contributed by atoms with E-state index in [-0.39, 0.29) is 11.8 Å². The standard InChI is InChI=1S/C16H21ClN4O/c1-5-11(13(18)22)16(2,3)15-20-19-14(21(15)4)10-8-6-7-9-12(10)17/h6-9,11H,5H2,1-4H3,(H2,18,22). The average molecular weight is 321 g/mol. The van der Waals surface area contributed by atoms with Crippen LogP contribution >= 0.6 is 11.6 Å². The lowest BCUT2D eigenvalue weighted by atomic mass is 9.76. The van der Waals surface area contributed by atoms with E-state index in [2.05, 4.69) is 10.2 Å². The van der Waals surface area contributed by atoms with Crippen molar-refractivity contribution in [2.45, 2.75) is 32.6 Å². The second-order valence-corrected chi connectivity index (χ2v) is 6.38. The fourth-order valence-electron chi connectivity index (χ4n) is 2.99. The van der Waals surface area contributed by atoms with Crippen LogP contribution in [0.1, 0.15) is 33.0 Å². The van der Waals surface area contributed by atoms with E-state index in [1.54, 1.807) is 0 Å². The lowest BCUT2D eigenvalue weighted by Crippen LogP contribution is -2.40. The first-order valence-corrected chi connectivity index (χ1v) is 7.62. The number of nitrogens with two attached hydrogens (primary N) is 1. The van der Waals surface area contributed by atoms with Crippen LogP contribution in [0.2, 0.25) is 5.02 Å². The van der Waals surface area contributed by atoms with E-state index in [1.165, 1.54) is 0 Å². The summed E-state index contributed by atoms with van der Waals surface area (Å²) in [5.41, 5.74) is 5.85. The van der Waals surface area contributed by atoms with Gasteiger partial charge in [-0.2, -0.15) is 0 Å². The largest absolute Gasteiger partial charge is 0.369 e. The second kappa shape index (κ2) is 6.08. The third-order valence-electron chi connectivity index (χ3n) is 4.19. The Morgan fingerprint density at radius 3 is 2.55 bits per heavy atom. The molecule has 0 aliphatic rings. The Morgan fingerprint density at radius 2 is 2.00 bits per heavy atom. The summed E-state index contributed by atoms with van der Waals surface area (Å²) >= 11 is 6.24. The number of benzene rings is 1. The second-order valence-electron chi connectivity index (χ2n) is 5.97. The summed E-state index contributed by atoms with van der Waals surface area (Å²) in [7, 11) is 1.88. The molecule has 0 saturated carbocycles. The molecule has 0 bridgehead atoms. The predicted octanol–water partition coefficient (Wildman–Crippen LogP) is 2.92. The Bertz CT molecular complexity index is 693. The summed E-state index contributed by atoms with van der Waals surface area (Å²) in [5.74, 6) is 0.755. The van der Waals surface area contributed by atoms with E-state index in [0.717, 1.165) is 5.56 Å². The Hall–Kier alpha value is -1.88. The van der Waals surface area contributed by atoms with Crippen LogP contribution in [-0.4, -0.2) is 20.7 Å². The lowest BCUT2D eigenvalue weighted by Gasteiger charge is -2.30. The van der Waals surface area contributed by atoms with Gasteiger partial charge in [-0.25, -0.2) is 0 Å². The molecule has 1 unspecified atom stereocenters. The molecule has 1 aromatic carbocycles. The molecule has 1 aromatic heterocycles. The number of primary amides is 1. The fraction of sp³-hybridized carbons (Fsp3) is 0.438. The monoisotopic (exact) mass is 320 g/mol. The molecule has 22 heavy (non-hydrogen) atoms. The topological polar surface area (TPSA) is 73.8 Å². The number of amides is 1. The number of aromatic nitrogens is 3. The van der Waals surface area contributed by atoms with E-state index in [0.29, 0.717) is 23.1 Å². The molecule has 118 valence electrons. The zero-order chi connectivity index (χ0) is 16.5. The third-order valence-corrected chi connectivity index (χ3v) is 4.52. The van der Waals surface area contributed by atoms with Crippen molar-refractivity contribution in [2.75, 3.05) is 0 Å². The highest BCUT2D eigenvalue weighted by Crippen LogP contribution is 2.35. The van der Waals surface area contributed by atoms with E-state index in [9.17, 15) is 4.79 Å². The summed E-state index contributed by atoms with van der Waals surface area (Å²) in [5, 5.41) is 9.18. The maximum Gasteiger partial charge on any atom is 0.221 e. The van der Waals surface area contributed by atoms with E-state index >= 15 is 0 Å². The number of hydrogen-bond acceptors (Lipinski definition) is 3. The number of halogens is 1. The summed E-state index contributed by atoms with van der Waals surface area (Å²) in [6.07, 6.45) is 0.649. The quantitative estimate of drug-likeness (QED) is 0.920. The van der Waals surface area contributed by atoms with Crippen LogP contribution in [0.3, 0.4) is 0 Å². The van der Waals surface area contributed by atoms with Gasteiger partial charge in [0.25, 0.3) is 0 Å². The molecule has 0 radical (unpaired) electrons. The minimum absolute atomic E-state index is 0.311. The van der Waals surface area contributed by atoms with Gasteiger partial charge in [-0.05, 0) is 18.6 Å². The Labute approximate surface area is 135 Å². The molecule has 0 aliphatic heterocycles. The molecule has 2 rings (SSSR count). The lowest BCUT2D eigenvalue weighted by molar-refractivity contribution is -0.123. The summed E-state index contributed by atoms with van der Waals surface area (Å²) in [6.45, 7) is 5.88. The zero-order valence-electron chi connectivity index (χ0n) is 13.3. The molecule has 1 amide bonds. The van der Waals surface area contributed by atoms with Crippen molar-refractivity contribution in [3.8, 4) is 11.4 Å². The first kappa shape index (κ1) is 16.5. The number of nitrogens with zero attached hydrogens (tertiary/aromatic N) is 3. The summed E-state index contributed by atoms with van der Waals surface area (Å²) in [6, 6.07) is 7.48. The van der Waals surface area contributed by atoms with Crippen molar-refractivity contribution in [1.82, 2.24) is 14.8 Å². The molecule has 0 saturated heterocycles. The van der Waals surface area contributed by atoms with Gasteiger partial charge in [0.15, 0.2) is 5.82 Å². The highest BCUT2D eigenvalue weighted by molar-refractivity contribution is 6.33. The first-order valence-electron chi connectivity index (χ1n) is 7.24. The van der Waals surface area contributed by atoms with Crippen LogP contribution in [0.5, 0.6) is 0 Å². The summed E-state index contributed by atoms with van der Waals surface area (Å²) in [4.78, 5) is 11.7. The van der Waals surface area contributed by atoms with Crippen LogP contribution < -0.4 is 5.73 Å². The Balaban J connectivity index is 2.52. The molecule has 1 atom stereocenters. The van der Waals surface area contributed by atoms with Gasteiger partial charge in [-0.15, -0.1) is 10.2 Å². The highest BCUT2D eigenvalue weighted by atomic mass is 35.5. The Kier molecular flexibility index (Phi) is 4.56. The van der Waals surface area contributed by atoms with Crippen molar-refractivity contribution >= 4 is 17.5 Å². The number of carbonyl (C=O) groups excluding carboxylic acids is 1. The molecular weight excluding hydrogens is 300 g/mol.